The predicted molar refractivity (Wildman–Crippen MR) is 79.5 cm³/mol. The number of morpholine rings is 1. The molecule has 0 bridgehead atoms. The van der Waals surface area contributed by atoms with E-state index in [2.05, 4.69) is 5.32 Å². The number of nitrogens with zero attached hydrogens (tertiary/aromatic N) is 2. The molecule has 3 rings (SSSR count). The topological polar surface area (TPSA) is 63.6 Å². The molecule has 0 atom stereocenters. The van der Waals surface area contributed by atoms with Crippen LogP contribution in [-0.4, -0.2) is 49.6 Å². The maximum atomic E-state index is 12.7. The summed E-state index contributed by atoms with van der Waals surface area (Å²) in [7, 11) is -3.39. The van der Waals surface area contributed by atoms with Gasteiger partial charge in [0.15, 0.2) is 0 Å². The Morgan fingerprint density at radius 3 is 2.67 bits per heavy atom. The van der Waals surface area contributed by atoms with Crippen LogP contribution in [0.4, 0.5) is 0 Å². The zero-order valence-corrected chi connectivity index (χ0v) is 13.2. The molecule has 0 radical (unpaired) electrons. The second kappa shape index (κ2) is 6.08. The molecule has 1 aliphatic heterocycles. The molecule has 6 nitrogen and oxygen atoms in total. The van der Waals surface area contributed by atoms with E-state index in [0.717, 1.165) is 18.8 Å². The van der Waals surface area contributed by atoms with Crippen molar-refractivity contribution in [2.45, 2.75) is 43.8 Å². The number of ether oxygens (including phenoxy) is 1. The van der Waals surface area contributed by atoms with Crippen LogP contribution in [-0.2, 0) is 27.8 Å². The lowest BCUT2D eigenvalue weighted by atomic mass is 10.4. The van der Waals surface area contributed by atoms with Gasteiger partial charge in [0.2, 0.25) is 10.0 Å². The van der Waals surface area contributed by atoms with Gasteiger partial charge in [-0.15, -0.1) is 0 Å². The first kappa shape index (κ1) is 15.0. The summed E-state index contributed by atoms with van der Waals surface area (Å²) < 4.78 is 34.1. The van der Waals surface area contributed by atoms with E-state index in [1.165, 1.54) is 17.1 Å². The number of aromatic nitrogens is 1. The molecule has 1 saturated carbocycles. The van der Waals surface area contributed by atoms with E-state index in [1.807, 2.05) is 17.6 Å². The van der Waals surface area contributed by atoms with Crippen molar-refractivity contribution in [2.75, 3.05) is 26.3 Å². The van der Waals surface area contributed by atoms with Crippen molar-refractivity contribution in [1.29, 1.82) is 0 Å². The van der Waals surface area contributed by atoms with Crippen molar-refractivity contribution in [3.05, 3.63) is 18.0 Å². The van der Waals surface area contributed by atoms with Crippen molar-refractivity contribution < 1.29 is 13.2 Å². The van der Waals surface area contributed by atoms with Gasteiger partial charge in [0.25, 0.3) is 0 Å². The van der Waals surface area contributed by atoms with Crippen LogP contribution in [0, 0.1) is 0 Å². The van der Waals surface area contributed by atoms with Gasteiger partial charge in [-0.05, 0) is 25.8 Å². The molecule has 2 fully saturated rings. The minimum Gasteiger partial charge on any atom is -0.379 e. The molecule has 1 aromatic heterocycles. The lowest BCUT2D eigenvalue weighted by Gasteiger charge is -2.25. The maximum absolute atomic E-state index is 12.7. The molecule has 0 aromatic carbocycles. The van der Waals surface area contributed by atoms with Gasteiger partial charge in [-0.1, -0.05) is 0 Å². The van der Waals surface area contributed by atoms with Crippen molar-refractivity contribution >= 4 is 10.0 Å². The molecular weight excluding hydrogens is 290 g/mol. The number of nitrogens with one attached hydrogen (secondary N) is 1. The normalized spacial score (nSPS) is 20.8. The van der Waals surface area contributed by atoms with Crippen LogP contribution >= 0.6 is 0 Å². The summed E-state index contributed by atoms with van der Waals surface area (Å²) in [5.74, 6) is 0. The van der Waals surface area contributed by atoms with E-state index >= 15 is 0 Å². The molecule has 1 N–H and O–H groups in total. The smallest absolute Gasteiger partial charge is 0.244 e. The molecule has 0 unspecified atom stereocenters. The number of rotatable bonds is 6. The molecule has 1 aliphatic carbocycles. The Bertz CT molecular complexity index is 587. The summed E-state index contributed by atoms with van der Waals surface area (Å²) in [4.78, 5) is 0.402. The highest BCUT2D eigenvalue weighted by Crippen LogP contribution is 2.22. The number of hydrogen-bond acceptors (Lipinski definition) is 4. The molecule has 21 heavy (non-hydrogen) atoms. The summed E-state index contributed by atoms with van der Waals surface area (Å²) in [6, 6.07) is 2.42. The van der Waals surface area contributed by atoms with Crippen LogP contribution in [0.2, 0.25) is 0 Å². The van der Waals surface area contributed by atoms with Crippen molar-refractivity contribution in [3.63, 3.8) is 0 Å². The number of sulfonamides is 1. The fourth-order valence-corrected chi connectivity index (χ4v) is 4.05. The van der Waals surface area contributed by atoms with Gasteiger partial charge in [0, 0.05) is 44.1 Å². The second-order valence-electron chi connectivity index (χ2n) is 5.62. The number of hydrogen-bond donors (Lipinski definition) is 1. The van der Waals surface area contributed by atoms with Gasteiger partial charge in [0.1, 0.15) is 4.90 Å². The minimum absolute atomic E-state index is 0.402. The lowest BCUT2D eigenvalue weighted by molar-refractivity contribution is 0.0730. The summed E-state index contributed by atoms with van der Waals surface area (Å²) in [6.07, 6.45) is 4.21. The summed E-state index contributed by atoms with van der Waals surface area (Å²) in [5.41, 5.74) is 1.04. The lowest BCUT2D eigenvalue weighted by Crippen LogP contribution is -2.40. The van der Waals surface area contributed by atoms with Gasteiger partial charge in [-0.25, -0.2) is 8.42 Å². The van der Waals surface area contributed by atoms with E-state index in [0.29, 0.717) is 37.2 Å². The fourth-order valence-electron chi connectivity index (χ4n) is 2.58. The molecule has 2 heterocycles. The standard InChI is InChI=1S/C14H23N3O3S/c1-2-16-11-14(9-13(16)10-15-12-3-4-12)21(18,19)17-5-7-20-8-6-17/h9,11-12,15H,2-8,10H2,1H3. The van der Waals surface area contributed by atoms with E-state index < -0.39 is 10.0 Å². The maximum Gasteiger partial charge on any atom is 0.244 e. The molecule has 0 spiro atoms. The quantitative estimate of drug-likeness (QED) is 0.843. The zero-order chi connectivity index (χ0) is 14.9. The van der Waals surface area contributed by atoms with Crippen LogP contribution in [0.3, 0.4) is 0 Å². The third kappa shape index (κ3) is 3.31. The van der Waals surface area contributed by atoms with Crippen molar-refractivity contribution in [1.82, 2.24) is 14.2 Å². The summed E-state index contributed by atoms with van der Waals surface area (Å²) in [5, 5.41) is 3.44. The second-order valence-corrected chi connectivity index (χ2v) is 7.56. The summed E-state index contributed by atoms with van der Waals surface area (Å²) >= 11 is 0. The van der Waals surface area contributed by atoms with Gasteiger partial charge >= 0.3 is 0 Å². The monoisotopic (exact) mass is 313 g/mol. The van der Waals surface area contributed by atoms with E-state index in [4.69, 9.17) is 4.74 Å². The zero-order valence-electron chi connectivity index (χ0n) is 12.4. The third-order valence-electron chi connectivity index (χ3n) is 4.06. The first-order valence-electron chi connectivity index (χ1n) is 7.61. The highest BCUT2D eigenvalue weighted by Gasteiger charge is 2.28. The predicted octanol–water partition coefficient (Wildman–Crippen LogP) is 0.781. The van der Waals surface area contributed by atoms with Crippen molar-refractivity contribution in [2.24, 2.45) is 0 Å². The highest BCUT2D eigenvalue weighted by atomic mass is 32.2. The average molecular weight is 313 g/mol. The fraction of sp³-hybridized carbons (Fsp3) is 0.714. The molecule has 7 heteroatoms. The first-order valence-corrected chi connectivity index (χ1v) is 9.05. The van der Waals surface area contributed by atoms with Gasteiger partial charge in [-0.2, -0.15) is 4.31 Å². The van der Waals surface area contributed by atoms with Gasteiger partial charge in [0.05, 0.1) is 13.2 Å². The van der Waals surface area contributed by atoms with E-state index in [9.17, 15) is 8.42 Å². The molecule has 1 saturated heterocycles. The van der Waals surface area contributed by atoms with E-state index in [-0.39, 0.29) is 0 Å². The Kier molecular flexibility index (Phi) is 4.35. The molecule has 0 amide bonds. The molecule has 1 aromatic rings. The average Bonchev–Trinajstić information content (AvgIpc) is 3.24. The highest BCUT2D eigenvalue weighted by molar-refractivity contribution is 7.89. The molecular formula is C14H23N3O3S. The van der Waals surface area contributed by atoms with Crippen LogP contribution < -0.4 is 5.32 Å². The first-order chi connectivity index (χ1) is 10.1. The SMILES string of the molecule is CCn1cc(S(=O)(=O)N2CCOCC2)cc1CNC1CC1. The van der Waals surface area contributed by atoms with E-state index in [1.54, 1.807) is 6.20 Å². The summed E-state index contributed by atoms with van der Waals surface area (Å²) in [6.45, 7) is 5.38. The Balaban J connectivity index is 1.79. The largest absolute Gasteiger partial charge is 0.379 e. The van der Waals surface area contributed by atoms with Crippen LogP contribution in [0.25, 0.3) is 0 Å². The molecule has 118 valence electrons. The van der Waals surface area contributed by atoms with Gasteiger partial charge in [-0.3, -0.25) is 0 Å². The Labute approximate surface area is 126 Å². The van der Waals surface area contributed by atoms with Crippen molar-refractivity contribution in [3.8, 4) is 0 Å². The Hall–Kier alpha value is -0.890. The Morgan fingerprint density at radius 1 is 1.33 bits per heavy atom. The van der Waals surface area contributed by atoms with Gasteiger partial charge < -0.3 is 14.6 Å². The molecule has 2 aliphatic rings. The Morgan fingerprint density at radius 2 is 2.05 bits per heavy atom. The van der Waals surface area contributed by atoms with Crippen LogP contribution in [0.5, 0.6) is 0 Å². The third-order valence-corrected chi connectivity index (χ3v) is 5.92. The van der Waals surface area contributed by atoms with Crippen LogP contribution in [0.15, 0.2) is 17.2 Å². The minimum atomic E-state index is -3.39. The van der Waals surface area contributed by atoms with Crippen LogP contribution in [0.1, 0.15) is 25.5 Å². The number of aryl methyl sites for hydroxylation is 1.